The molecule has 3 N–H and O–H groups in total. The van der Waals surface area contributed by atoms with E-state index in [1.54, 1.807) is 6.20 Å². The van der Waals surface area contributed by atoms with Gasteiger partial charge in [-0.3, -0.25) is 4.79 Å². The third-order valence-electron chi connectivity index (χ3n) is 6.15. The van der Waals surface area contributed by atoms with Gasteiger partial charge in [-0.2, -0.15) is 5.10 Å². The van der Waals surface area contributed by atoms with Gasteiger partial charge in [0.15, 0.2) is 0 Å². The molecule has 1 heterocycles. The lowest BCUT2D eigenvalue weighted by Gasteiger charge is -2.25. The number of aryl methyl sites for hydroxylation is 1. The molecule has 6 nitrogen and oxygen atoms in total. The van der Waals surface area contributed by atoms with Crippen LogP contribution in [-0.2, 0) is 24.2 Å². The second kappa shape index (κ2) is 13.4. The first kappa shape index (κ1) is 27.6. The number of amides is 1. The van der Waals surface area contributed by atoms with E-state index in [-0.39, 0.29) is 24.6 Å². The molecule has 0 aliphatic heterocycles. The summed E-state index contributed by atoms with van der Waals surface area (Å²) in [6.07, 6.45) is 1.65. The molecule has 1 amide bonds. The summed E-state index contributed by atoms with van der Waals surface area (Å²) in [6.45, 7) is 2.81. The summed E-state index contributed by atoms with van der Waals surface area (Å²) in [7, 11) is 0. The van der Waals surface area contributed by atoms with Gasteiger partial charge in [0.05, 0.1) is 24.1 Å². The highest BCUT2D eigenvalue weighted by molar-refractivity contribution is 8.00. The topological polar surface area (TPSA) is 87.1 Å². The standard InChI is InChI=1S/C29H30F2N4O2S/c1-2-19-6-5-7-20(10-19)15-32-17-27(36)26(13-21-11-23(30)14-24(31)12-21)34-28(37)18-38-29-25-9-4-3-8-22(25)16-33-35-29/h3-12,14,16,26-27,32,36H,2,13,15,17-18H2,1H3,(H,34,37)/t26-,27-/m0/s1. The SMILES string of the molecule is CCc1cccc(CNC[C@H](O)[C@H](Cc2cc(F)cc(F)c2)NC(=O)CSc2nncc3ccccc23)c1. The average molecular weight is 537 g/mol. The van der Waals surface area contributed by atoms with Gasteiger partial charge in [-0.25, -0.2) is 8.78 Å². The van der Waals surface area contributed by atoms with Crippen molar-refractivity contribution >= 4 is 28.4 Å². The van der Waals surface area contributed by atoms with Crippen LogP contribution in [-0.4, -0.2) is 45.7 Å². The maximum atomic E-state index is 13.8. The number of thioether (sulfide) groups is 1. The molecule has 0 radical (unpaired) electrons. The van der Waals surface area contributed by atoms with Crippen LogP contribution in [0, 0.1) is 11.6 Å². The zero-order valence-electron chi connectivity index (χ0n) is 21.0. The van der Waals surface area contributed by atoms with E-state index in [0.29, 0.717) is 17.1 Å². The summed E-state index contributed by atoms with van der Waals surface area (Å²) < 4.78 is 27.6. The Hall–Kier alpha value is -3.40. The number of carbonyl (C=O) groups is 1. The number of hydrogen-bond acceptors (Lipinski definition) is 6. The monoisotopic (exact) mass is 536 g/mol. The van der Waals surface area contributed by atoms with Crippen molar-refractivity contribution in [3.63, 3.8) is 0 Å². The highest BCUT2D eigenvalue weighted by atomic mass is 32.2. The average Bonchev–Trinajstić information content (AvgIpc) is 2.91. The zero-order chi connectivity index (χ0) is 26.9. The lowest BCUT2D eigenvalue weighted by atomic mass is 10.0. The Morgan fingerprint density at radius 2 is 1.76 bits per heavy atom. The van der Waals surface area contributed by atoms with E-state index in [9.17, 15) is 18.7 Å². The van der Waals surface area contributed by atoms with E-state index in [2.05, 4.69) is 39.9 Å². The van der Waals surface area contributed by atoms with E-state index < -0.39 is 23.8 Å². The molecule has 2 atom stereocenters. The van der Waals surface area contributed by atoms with Crippen molar-refractivity contribution in [3.8, 4) is 0 Å². The van der Waals surface area contributed by atoms with Gasteiger partial charge < -0.3 is 15.7 Å². The second-order valence-corrected chi connectivity index (χ2v) is 10.0. The van der Waals surface area contributed by atoms with Crippen molar-refractivity contribution in [3.05, 3.63) is 101 Å². The molecule has 38 heavy (non-hydrogen) atoms. The van der Waals surface area contributed by atoms with E-state index in [0.717, 1.165) is 28.8 Å². The number of aliphatic hydroxyl groups is 1. The van der Waals surface area contributed by atoms with Gasteiger partial charge in [-0.1, -0.05) is 67.2 Å². The molecule has 9 heteroatoms. The van der Waals surface area contributed by atoms with Crippen LogP contribution in [0.2, 0.25) is 0 Å². The lowest BCUT2D eigenvalue weighted by Crippen LogP contribution is -2.49. The van der Waals surface area contributed by atoms with Crippen LogP contribution < -0.4 is 10.6 Å². The minimum atomic E-state index is -0.998. The van der Waals surface area contributed by atoms with Gasteiger partial charge in [0.2, 0.25) is 5.91 Å². The van der Waals surface area contributed by atoms with Crippen LogP contribution in [0.15, 0.2) is 78.0 Å². The normalized spacial score (nSPS) is 12.8. The van der Waals surface area contributed by atoms with Crippen molar-refractivity contribution in [2.24, 2.45) is 0 Å². The molecule has 0 aliphatic rings. The first-order valence-electron chi connectivity index (χ1n) is 12.5. The highest BCUT2D eigenvalue weighted by Crippen LogP contribution is 2.24. The van der Waals surface area contributed by atoms with Gasteiger partial charge in [0.25, 0.3) is 0 Å². The first-order valence-corrected chi connectivity index (χ1v) is 13.4. The van der Waals surface area contributed by atoms with Crippen molar-refractivity contribution in [1.82, 2.24) is 20.8 Å². The molecular formula is C29H30F2N4O2S. The van der Waals surface area contributed by atoms with E-state index in [1.165, 1.54) is 29.5 Å². The molecule has 4 aromatic rings. The zero-order valence-corrected chi connectivity index (χ0v) is 21.8. The summed E-state index contributed by atoms with van der Waals surface area (Å²) in [5, 5.41) is 27.6. The number of benzene rings is 3. The summed E-state index contributed by atoms with van der Waals surface area (Å²) in [5.41, 5.74) is 2.64. The molecule has 0 aliphatic carbocycles. The van der Waals surface area contributed by atoms with Crippen molar-refractivity contribution in [2.75, 3.05) is 12.3 Å². The number of carbonyl (C=O) groups excluding carboxylic acids is 1. The number of rotatable bonds is 12. The fourth-order valence-electron chi connectivity index (χ4n) is 4.22. The Morgan fingerprint density at radius 1 is 1.00 bits per heavy atom. The minimum Gasteiger partial charge on any atom is -0.390 e. The molecule has 3 aromatic carbocycles. The molecule has 198 valence electrons. The van der Waals surface area contributed by atoms with Gasteiger partial charge in [-0.15, -0.1) is 5.10 Å². The summed E-state index contributed by atoms with van der Waals surface area (Å²) in [4.78, 5) is 12.9. The molecule has 1 aromatic heterocycles. The Labute approximate surface area is 224 Å². The van der Waals surface area contributed by atoms with Crippen LogP contribution in [0.25, 0.3) is 10.8 Å². The van der Waals surface area contributed by atoms with Crippen molar-refractivity contribution in [2.45, 2.75) is 43.5 Å². The van der Waals surface area contributed by atoms with Gasteiger partial charge in [0, 0.05) is 29.9 Å². The van der Waals surface area contributed by atoms with E-state index >= 15 is 0 Å². The lowest BCUT2D eigenvalue weighted by molar-refractivity contribution is -0.120. The molecule has 0 spiro atoms. The van der Waals surface area contributed by atoms with E-state index in [1.807, 2.05) is 36.4 Å². The predicted molar refractivity (Wildman–Crippen MR) is 146 cm³/mol. The number of fused-ring (bicyclic) bond motifs is 1. The molecule has 0 fully saturated rings. The van der Waals surface area contributed by atoms with Crippen molar-refractivity contribution < 1.29 is 18.7 Å². The quantitative estimate of drug-likeness (QED) is 0.232. The summed E-state index contributed by atoms with van der Waals surface area (Å²) >= 11 is 1.24. The van der Waals surface area contributed by atoms with Crippen LogP contribution in [0.4, 0.5) is 8.78 Å². The summed E-state index contributed by atoms with van der Waals surface area (Å²) in [6, 6.07) is 18.2. The maximum Gasteiger partial charge on any atom is 0.230 e. The van der Waals surface area contributed by atoms with Gasteiger partial charge in [0.1, 0.15) is 16.7 Å². The molecule has 0 bridgehead atoms. The Morgan fingerprint density at radius 3 is 2.55 bits per heavy atom. The number of halogens is 2. The van der Waals surface area contributed by atoms with Crippen LogP contribution >= 0.6 is 11.8 Å². The second-order valence-electron chi connectivity index (χ2n) is 9.05. The Bertz CT molecular complexity index is 1360. The number of aromatic nitrogens is 2. The van der Waals surface area contributed by atoms with Crippen LogP contribution in [0.1, 0.15) is 23.6 Å². The van der Waals surface area contributed by atoms with Gasteiger partial charge in [-0.05, 0) is 41.7 Å². The number of hydrogen-bond donors (Lipinski definition) is 3. The Kier molecular flexibility index (Phi) is 9.75. The third-order valence-corrected chi connectivity index (χ3v) is 7.13. The molecule has 4 rings (SSSR count). The van der Waals surface area contributed by atoms with Gasteiger partial charge >= 0.3 is 0 Å². The Balaban J connectivity index is 1.41. The fourth-order valence-corrected chi connectivity index (χ4v) is 5.02. The number of aliphatic hydroxyl groups excluding tert-OH is 1. The highest BCUT2D eigenvalue weighted by Gasteiger charge is 2.23. The first-order chi connectivity index (χ1) is 18.4. The minimum absolute atomic E-state index is 0.0423. The molecular weight excluding hydrogens is 506 g/mol. The largest absolute Gasteiger partial charge is 0.390 e. The smallest absolute Gasteiger partial charge is 0.230 e. The molecule has 0 saturated heterocycles. The molecule has 0 saturated carbocycles. The van der Waals surface area contributed by atoms with Crippen molar-refractivity contribution in [1.29, 1.82) is 0 Å². The number of nitrogens with one attached hydrogen (secondary N) is 2. The number of nitrogens with zero attached hydrogens (tertiary/aromatic N) is 2. The maximum absolute atomic E-state index is 13.8. The fraction of sp³-hybridized carbons (Fsp3) is 0.276. The summed E-state index contributed by atoms with van der Waals surface area (Å²) in [5.74, 6) is -1.71. The van der Waals surface area contributed by atoms with E-state index in [4.69, 9.17) is 0 Å². The predicted octanol–water partition coefficient (Wildman–Crippen LogP) is 4.44. The third kappa shape index (κ3) is 7.80. The molecule has 0 unspecified atom stereocenters. The van der Waals surface area contributed by atoms with Crippen LogP contribution in [0.3, 0.4) is 0 Å². The van der Waals surface area contributed by atoms with Crippen LogP contribution in [0.5, 0.6) is 0 Å².